The number of rotatable bonds is 4. The van der Waals surface area contributed by atoms with E-state index in [2.05, 4.69) is 17.6 Å². The van der Waals surface area contributed by atoms with Gasteiger partial charge in [0.05, 0.1) is 5.52 Å². The highest BCUT2D eigenvalue weighted by atomic mass is 35.5. The molecule has 0 aliphatic heterocycles. The van der Waals surface area contributed by atoms with Crippen LogP contribution >= 0.6 is 11.6 Å². The van der Waals surface area contributed by atoms with Crippen molar-refractivity contribution in [3.05, 3.63) is 75.5 Å². The Labute approximate surface area is 204 Å². The van der Waals surface area contributed by atoms with Gasteiger partial charge in [0.15, 0.2) is 5.43 Å². The van der Waals surface area contributed by atoms with Gasteiger partial charge in [-0.3, -0.25) is 4.79 Å². The molecule has 2 N–H and O–H groups in total. The molecular formula is C28H30ClN3O2. The zero-order valence-corrected chi connectivity index (χ0v) is 20.1. The third-order valence-electron chi connectivity index (χ3n) is 8.39. The number of para-hydroxylation sites is 1. The van der Waals surface area contributed by atoms with Gasteiger partial charge in [0.1, 0.15) is 0 Å². The van der Waals surface area contributed by atoms with Gasteiger partial charge in [0.2, 0.25) is 0 Å². The van der Waals surface area contributed by atoms with E-state index in [0.717, 1.165) is 17.1 Å². The summed E-state index contributed by atoms with van der Waals surface area (Å²) in [5.41, 5.74) is 2.62. The minimum Gasteiger partial charge on any atom is -0.335 e. The minimum absolute atomic E-state index is 0.0818. The zero-order valence-electron chi connectivity index (χ0n) is 19.4. The molecule has 1 heterocycles. The molecule has 1 aromatic heterocycles. The highest BCUT2D eigenvalue weighted by Gasteiger charge is 2.53. The first-order chi connectivity index (χ1) is 16.4. The smallest absolute Gasteiger partial charge is 0.315 e. The van der Waals surface area contributed by atoms with E-state index >= 15 is 0 Å². The number of nitrogens with zero attached hydrogens (tertiary/aromatic N) is 1. The molecule has 4 saturated carbocycles. The molecule has 0 spiro atoms. The monoisotopic (exact) mass is 475 g/mol. The number of hydrogen-bond donors (Lipinski definition) is 2. The van der Waals surface area contributed by atoms with Crippen LogP contribution in [0.3, 0.4) is 0 Å². The van der Waals surface area contributed by atoms with Crippen LogP contribution < -0.4 is 16.1 Å². The van der Waals surface area contributed by atoms with Crippen LogP contribution in [0.15, 0.2) is 59.5 Å². The van der Waals surface area contributed by atoms with E-state index in [-0.39, 0.29) is 24.0 Å². The van der Waals surface area contributed by atoms with Crippen LogP contribution in [0, 0.1) is 23.2 Å². The Morgan fingerprint density at radius 1 is 1.09 bits per heavy atom. The molecule has 2 aromatic carbocycles. The van der Waals surface area contributed by atoms with Gasteiger partial charge in [0, 0.05) is 40.4 Å². The fraction of sp³-hybridized carbons (Fsp3) is 0.429. The van der Waals surface area contributed by atoms with Crippen molar-refractivity contribution in [3.8, 4) is 5.69 Å². The topological polar surface area (TPSA) is 63.1 Å². The van der Waals surface area contributed by atoms with Crippen LogP contribution in [0.2, 0.25) is 5.02 Å². The third kappa shape index (κ3) is 3.80. The Hall–Kier alpha value is -2.79. The average molecular weight is 476 g/mol. The summed E-state index contributed by atoms with van der Waals surface area (Å²) in [6, 6.07) is 15.2. The number of benzene rings is 2. The second kappa shape index (κ2) is 8.16. The van der Waals surface area contributed by atoms with Gasteiger partial charge in [-0.25, -0.2) is 4.79 Å². The van der Waals surface area contributed by atoms with Crippen LogP contribution in [-0.2, 0) is 6.54 Å². The van der Waals surface area contributed by atoms with Crippen molar-refractivity contribution in [1.82, 2.24) is 15.2 Å². The van der Waals surface area contributed by atoms with Crippen molar-refractivity contribution in [2.24, 2.45) is 23.2 Å². The summed E-state index contributed by atoms with van der Waals surface area (Å²) < 4.78 is 1.97. The standard InChI is InChI=1S/C28H30ClN3O2/c1-28-12-17-9-18(13-28)25(19(10-17)14-28)31-27(34)30-15-20-16-32(22-5-3-2-4-6-22)24-11-21(29)7-8-23(24)26(20)33/h2-8,11,16-19,25H,9-10,12-15H2,1H3,(H2,30,31,34)/t17?,18-,19+,25?,28?. The van der Waals surface area contributed by atoms with Gasteiger partial charge >= 0.3 is 6.03 Å². The average Bonchev–Trinajstić information content (AvgIpc) is 2.80. The molecule has 4 aliphatic rings. The van der Waals surface area contributed by atoms with Gasteiger partial charge in [-0.2, -0.15) is 0 Å². The molecule has 0 radical (unpaired) electrons. The number of carbonyl (C=O) groups excluding carboxylic acids is 1. The summed E-state index contributed by atoms with van der Waals surface area (Å²) >= 11 is 6.25. The maximum absolute atomic E-state index is 13.2. The number of urea groups is 1. The van der Waals surface area contributed by atoms with E-state index in [9.17, 15) is 9.59 Å². The first kappa shape index (κ1) is 21.7. The summed E-state index contributed by atoms with van der Waals surface area (Å²) in [6.07, 6.45) is 8.11. The van der Waals surface area contributed by atoms with Crippen LogP contribution in [0.25, 0.3) is 16.6 Å². The maximum atomic E-state index is 13.2. The largest absolute Gasteiger partial charge is 0.335 e. The van der Waals surface area contributed by atoms with E-state index in [4.69, 9.17) is 11.6 Å². The Morgan fingerprint density at radius 3 is 2.53 bits per heavy atom. The maximum Gasteiger partial charge on any atom is 0.315 e. The Balaban J connectivity index is 1.23. The molecule has 4 bridgehead atoms. The van der Waals surface area contributed by atoms with Crippen molar-refractivity contribution in [1.29, 1.82) is 0 Å². The second-order valence-electron chi connectivity index (χ2n) is 11.0. The predicted molar refractivity (Wildman–Crippen MR) is 135 cm³/mol. The second-order valence-corrected chi connectivity index (χ2v) is 11.4. The highest BCUT2D eigenvalue weighted by molar-refractivity contribution is 6.31. The van der Waals surface area contributed by atoms with Crippen molar-refractivity contribution < 1.29 is 4.79 Å². The molecule has 0 saturated heterocycles. The molecule has 34 heavy (non-hydrogen) atoms. The number of pyridine rings is 1. The summed E-state index contributed by atoms with van der Waals surface area (Å²) in [6.45, 7) is 2.61. The molecule has 176 valence electrons. The number of hydrogen-bond acceptors (Lipinski definition) is 2. The Kier molecular flexibility index (Phi) is 5.21. The summed E-state index contributed by atoms with van der Waals surface area (Å²) in [5.74, 6) is 2.01. The minimum atomic E-state index is -0.176. The number of aromatic nitrogens is 1. The van der Waals surface area contributed by atoms with Crippen molar-refractivity contribution in [3.63, 3.8) is 0 Å². The van der Waals surface area contributed by atoms with E-state index < -0.39 is 0 Å². The molecule has 4 fully saturated rings. The van der Waals surface area contributed by atoms with Crippen LogP contribution in [-0.4, -0.2) is 16.6 Å². The van der Waals surface area contributed by atoms with Crippen LogP contribution in [0.1, 0.15) is 44.6 Å². The van der Waals surface area contributed by atoms with Crippen molar-refractivity contribution >= 4 is 28.5 Å². The fourth-order valence-corrected chi connectivity index (χ4v) is 7.49. The molecule has 6 heteroatoms. The van der Waals surface area contributed by atoms with Crippen molar-refractivity contribution in [2.45, 2.75) is 51.6 Å². The van der Waals surface area contributed by atoms with Gasteiger partial charge < -0.3 is 15.2 Å². The van der Waals surface area contributed by atoms with Crippen LogP contribution in [0.5, 0.6) is 0 Å². The molecule has 4 aliphatic carbocycles. The van der Waals surface area contributed by atoms with Crippen molar-refractivity contribution in [2.75, 3.05) is 0 Å². The zero-order chi connectivity index (χ0) is 23.4. The summed E-state index contributed by atoms with van der Waals surface area (Å²) in [7, 11) is 0. The number of amides is 2. The number of carbonyl (C=O) groups is 1. The Morgan fingerprint density at radius 2 is 1.82 bits per heavy atom. The quantitative estimate of drug-likeness (QED) is 0.511. The molecule has 5 nitrogen and oxygen atoms in total. The first-order valence-electron chi connectivity index (χ1n) is 12.3. The van der Waals surface area contributed by atoms with E-state index in [1.807, 2.05) is 47.2 Å². The molecule has 3 unspecified atom stereocenters. The summed E-state index contributed by atoms with van der Waals surface area (Å²) in [4.78, 5) is 26.1. The van der Waals surface area contributed by atoms with Gasteiger partial charge in [0.25, 0.3) is 0 Å². The number of nitrogens with one attached hydrogen (secondary N) is 2. The van der Waals surface area contributed by atoms with E-state index in [1.165, 1.54) is 32.1 Å². The molecule has 5 atom stereocenters. The molecule has 7 rings (SSSR count). The van der Waals surface area contributed by atoms with Gasteiger partial charge in [-0.1, -0.05) is 36.7 Å². The van der Waals surface area contributed by atoms with E-state index in [0.29, 0.717) is 33.2 Å². The number of halogens is 1. The first-order valence-corrected chi connectivity index (χ1v) is 12.7. The van der Waals surface area contributed by atoms with Crippen LogP contribution in [0.4, 0.5) is 4.79 Å². The number of fused-ring (bicyclic) bond motifs is 1. The van der Waals surface area contributed by atoms with Gasteiger partial charge in [-0.15, -0.1) is 0 Å². The fourth-order valence-electron chi connectivity index (χ4n) is 7.33. The lowest BCUT2D eigenvalue weighted by atomic mass is 9.48. The molecule has 2 amide bonds. The SMILES string of the molecule is CC12CC3C[C@H](C1)C(NC(=O)NCc1cn(-c4ccccc4)c4cc(Cl)ccc4c1=O)[C@@H](C3)C2. The van der Waals surface area contributed by atoms with Gasteiger partial charge in [-0.05, 0) is 85.6 Å². The van der Waals surface area contributed by atoms with E-state index in [1.54, 1.807) is 12.1 Å². The third-order valence-corrected chi connectivity index (χ3v) is 8.63. The lowest BCUT2D eigenvalue weighted by molar-refractivity contribution is -0.0631. The summed E-state index contributed by atoms with van der Waals surface area (Å²) in [5, 5.41) is 7.42. The highest BCUT2D eigenvalue weighted by Crippen LogP contribution is 2.59. The predicted octanol–water partition coefficient (Wildman–Crippen LogP) is 5.66. The molecular weight excluding hydrogens is 446 g/mol. The normalized spacial score (nSPS) is 29.4. The lowest BCUT2D eigenvalue weighted by Crippen LogP contribution is -2.59. The molecule has 3 aromatic rings. The Bertz CT molecular complexity index is 1300. The lowest BCUT2D eigenvalue weighted by Gasteiger charge is -2.59.